The first-order valence-corrected chi connectivity index (χ1v) is 10.1. The van der Waals surface area contributed by atoms with Crippen molar-refractivity contribution in [1.82, 2.24) is 20.2 Å². The molecule has 1 aliphatic rings. The van der Waals surface area contributed by atoms with Crippen LogP contribution in [0.5, 0.6) is 0 Å². The van der Waals surface area contributed by atoms with Gasteiger partial charge in [-0.05, 0) is 36.6 Å². The summed E-state index contributed by atoms with van der Waals surface area (Å²) in [7, 11) is 0. The molecule has 7 nitrogen and oxygen atoms in total. The summed E-state index contributed by atoms with van der Waals surface area (Å²) in [5, 5.41) is 12.2. The second-order valence-corrected chi connectivity index (χ2v) is 7.94. The number of nitrogens with one attached hydrogen (secondary N) is 2. The quantitative estimate of drug-likeness (QED) is 0.432. The highest BCUT2D eigenvalue weighted by molar-refractivity contribution is 6.31. The van der Waals surface area contributed by atoms with Crippen molar-refractivity contribution in [3.05, 3.63) is 64.8 Å². The molecule has 0 bridgehead atoms. The molecule has 30 heavy (non-hydrogen) atoms. The molecular weight excluding hydrogens is 400 g/mol. The molecule has 2 aromatic heterocycles. The van der Waals surface area contributed by atoms with E-state index >= 15 is 0 Å². The summed E-state index contributed by atoms with van der Waals surface area (Å²) in [6.07, 6.45) is 2.60. The Morgan fingerprint density at radius 3 is 2.67 bits per heavy atom. The number of fused-ring (bicyclic) bond motifs is 1. The van der Waals surface area contributed by atoms with Crippen LogP contribution in [0.2, 0.25) is 5.02 Å². The molecule has 1 saturated carbocycles. The first-order valence-electron chi connectivity index (χ1n) is 9.72. The van der Waals surface area contributed by atoms with Gasteiger partial charge in [-0.15, -0.1) is 0 Å². The zero-order valence-corrected chi connectivity index (χ0v) is 16.8. The smallest absolute Gasteiger partial charge is 0.221 e. The molecule has 0 aliphatic heterocycles. The van der Waals surface area contributed by atoms with Crippen molar-refractivity contribution >= 4 is 40.0 Å². The Labute approximate surface area is 177 Å². The van der Waals surface area contributed by atoms with Gasteiger partial charge in [0.15, 0.2) is 11.6 Å². The first-order chi connectivity index (χ1) is 14.5. The number of carbonyl (C=O) groups excluding carboxylic acids is 1. The molecule has 0 radical (unpaired) electrons. The van der Waals surface area contributed by atoms with Crippen LogP contribution in [-0.2, 0) is 11.2 Å². The molecule has 1 amide bonds. The minimum absolute atomic E-state index is 0.201. The maximum absolute atomic E-state index is 11.1. The van der Waals surface area contributed by atoms with Gasteiger partial charge in [-0.3, -0.25) is 9.89 Å². The average molecular weight is 419 g/mol. The molecular formula is C22H19ClN6O. The highest BCUT2D eigenvalue weighted by atomic mass is 35.5. The van der Waals surface area contributed by atoms with Gasteiger partial charge in [0.1, 0.15) is 5.82 Å². The number of H-pyrrole nitrogens is 1. The molecule has 4 aromatic rings. The van der Waals surface area contributed by atoms with E-state index in [1.54, 1.807) is 6.07 Å². The van der Waals surface area contributed by atoms with Crippen LogP contribution in [0, 0.1) is 0 Å². The SMILES string of the molecule is NC(=O)Cc1ccc(-c2nc(Nc3cc(C4CC4)[nH]n3)c3cc(Cl)ccc3n2)cc1. The number of aromatic amines is 1. The molecule has 0 spiro atoms. The molecule has 2 aromatic carbocycles. The van der Waals surface area contributed by atoms with Crippen LogP contribution in [0.15, 0.2) is 48.5 Å². The number of benzene rings is 2. The summed E-state index contributed by atoms with van der Waals surface area (Å²) in [6.45, 7) is 0. The number of carbonyl (C=O) groups is 1. The number of rotatable bonds is 6. The van der Waals surface area contributed by atoms with Crippen LogP contribution in [-0.4, -0.2) is 26.1 Å². The predicted molar refractivity (Wildman–Crippen MR) is 117 cm³/mol. The Bertz CT molecular complexity index is 1250. The summed E-state index contributed by atoms with van der Waals surface area (Å²) in [5.41, 5.74) is 8.87. The van der Waals surface area contributed by atoms with Gasteiger partial charge in [0.2, 0.25) is 5.91 Å². The first kappa shape index (κ1) is 18.6. The number of hydrogen-bond acceptors (Lipinski definition) is 5. The molecule has 5 rings (SSSR count). The Hall–Kier alpha value is -3.45. The van der Waals surface area contributed by atoms with E-state index in [0.29, 0.717) is 28.4 Å². The third-order valence-corrected chi connectivity index (χ3v) is 5.34. The molecule has 8 heteroatoms. The highest BCUT2D eigenvalue weighted by Crippen LogP contribution is 2.40. The maximum atomic E-state index is 11.1. The fourth-order valence-electron chi connectivity index (χ4n) is 3.42. The second-order valence-electron chi connectivity index (χ2n) is 7.51. The topological polar surface area (TPSA) is 110 Å². The van der Waals surface area contributed by atoms with Gasteiger partial charge in [0, 0.05) is 33.7 Å². The van der Waals surface area contributed by atoms with Crippen molar-refractivity contribution in [1.29, 1.82) is 0 Å². The number of anilines is 2. The molecule has 0 unspecified atom stereocenters. The molecule has 150 valence electrons. The highest BCUT2D eigenvalue weighted by Gasteiger charge is 2.25. The van der Waals surface area contributed by atoms with Crippen LogP contribution < -0.4 is 11.1 Å². The van der Waals surface area contributed by atoms with E-state index in [2.05, 4.69) is 15.5 Å². The minimum Gasteiger partial charge on any atom is -0.369 e. The van der Waals surface area contributed by atoms with Crippen molar-refractivity contribution < 1.29 is 4.79 Å². The van der Waals surface area contributed by atoms with E-state index in [4.69, 9.17) is 27.3 Å². The third kappa shape index (κ3) is 3.84. The zero-order valence-electron chi connectivity index (χ0n) is 16.0. The number of nitrogens with two attached hydrogens (primary N) is 1. The Morgan fingerprint density at radius 1 is 1.13 bits per heavy atom. The number of primary amides is 1. The van der Waals surface area contributed by atoms with Crippen molar-refractivity contribution in [2.75, 3.05) is 5.32 Å². The minimum atomic E-state index is -0.363. The lowest BCUT2D eigenvalue weighted by atomic mass is 10.1. The number of hydrogen-bond donors (Lipinski definition) is 3. The van der Waals surface area contributed by atoms with Gasteiger partial charge in [0.05, 0.1) is 11.9 Å². The van der Waals surface area contributed by atoms with Crippen LogP contribution in [0.1, 0.15) is 30.0 Å². The van der Waals surface area contributed by atoms with E-state index in [1.165, 1.54) is 12.8 Å². The summed E-state index contributed by atoms with van der Waals surface area (Å²) < 4.78 is 0. The monoisotopic (exact) mass is 418 g/mol. The fourth-order valence-corrected chi connectivity index (χ4v) is 3.60. The predicted octanol–water partition coefficient (Wildman–Crippen LogP) is 4.32. The van der Waals surface area contributed by atoms with E-state index in [-0.39, 0.29) is 12.3 Å². The van der Waals surface area contributed by atoms with E-state index < -0.39 is 0 Å². The standard InChI is InChI=1S/C22H19ClN6O/c23-15-7-8-17-16(10-15)22(26-20-11-18(28-29-20)13-5-6-13)27-21(25-17)14-3-1-12(2-4-14)9-19(24)30/h1-4,7-8,10-11,13H,5-6,9H2,(H2,24,30)(H2,25,26,27,28,29). The maximum Gasteiger partial charge on any atom is 0.221 e. The lowest BCUT2D eigenvalue weighted by molar-refractivity contribution is -0.117. The molecule has 0 atom stereocenters. The van der Waals surface area contributed by atoms with Crippen molar-refractivity contribution in [3.63, 3.8) is 0 Å². The summed E-state index contributed by atoms with van der Waals surface area (Å²) >= 11 is 6.22. The van der Waals surface area contributed by atoms with Gasteiger partial charge in [-0.25, -0.2) is 9.97 Å². The van der Waals surface area contributed by atoms with E-state index in [0.717, 1.165) is 27.7 Å². The van der Waals surface area contributed by atoms with Gasteiger partial charge in [-0.2, -0.15) is 5.10 Å². The van der Waals surface area contributed by atoms with Gasteiger partial charge in [-0.1, -0.05) is 35.9 Å². The summed E-state index contributed by atoms with van der Waals surface area (Å²) in [6, 6.07) is 15.0. The lowest BCUT2D eigenvalue weighted by Crippen LogP contribution is -2.13. The van der Waals surface area contributed by atoms with Crippen LogP contribution in [0.25, 0.3) is 22.3 Å². The molecule has 2 heterocycles. The van der Waals surface area contributed by atoms with Crippen molar-refractivity contribution in [2.24, 2.45) is 5.73 Å². The molecule has 0 saturated heterocycles. The summed E-state index contributed by atoms with van der Waals surface area (Å²) in [5.74, 6) is 2.12. The van der Waals surface area contributed by atoms with Gasteiger partial charge in [0.25, 0.3) is 0 Å². The van der Waals surface area contributed by atoms with Gasteiger partial charge >= 0.3 is 0 Å². The number of amides is 1. The molecule has 1 fully saturated rings. The van der Waals surface area contributed by atoms with Crippen LogP contribution in [0.3, 0.4) is 0 Å². The average Bonchev–Trinajstić information content (AvgIpc) is 3.47. The Morgan fingerprint density at radius 2 is 1.93 bits per heavy atom. The second kappa shape index (κ2) is 7.42. The van der Waals surface area contributed by atoms with Crippen LogP contribution >= 0.6 is 11.6 Å². The number of nitrogens with zero attached hydrogens (tertiary/aromatic N) is 3. The van der Waals surface area contributed by atoms with Crippen molar-refractivity contribution in [3.8, 4) is 11.4 Å². The zero-order chi connectivity index (χ0) is 20.7. The van der Waals surface area contributed by atoms with Gasteiger partial charge < -0.3 is 11.1 Å². The Kier molecular flexibility index (Phi) is 4.59. The van der Waals surface area contributed by atoms with Crippen molar-refractivity contribution in [2.45, 2.75) is 25.2 Å². The molecule has 4 N–H and O–H groups in total. The fraction of sp³-hybridized carbons (Fsp3) is 0.182. The van der Waals surface area contributed by atoms with Crippen LogP contribution in [0.4, 0.5) is 11.6 Å². The normalized spacial score (nSPS) is 13.5. The lowest BCUT2D eigenvalue weighted by Gasteiger charge is -2.10. The van der Waals surface area contributed by atoms with E-state index in [1.807, 2.05) is 42.5 Å². The largest absolute Gasteiger partial charge is 0.369 e. The third-order valence-electron chi connectivity index (χ3n) is 5.11. The summed E-state index contributed by atoms with van der Waals surface area (Å²) in [4.78, 5) is 20.6. The number of halogens is 1. The molecule has 1 aliphatic carbocycles. The van der Waals surface area contributed by atoms with E-state index in [9.17, 15) is 4.79 Å². The Balaban J connectivity index is 1.54. The number of aromatic nitrogens is 4.